The summed E-state index contributed by atoms with van der Waals surface area (Å²) in [4.78, 5) is 11.1. The van der Waals surface area contributed by atoms with Gasteiger partial charge in [0.15, 0.2) is 0 Å². The number of hydrogen-bond acceptors (Lipinski definition) is 6. The van der Waals surface area contributed by atoms with Crippen LogP contribution in [0.25, 0.3) is 0 Å². The van der Waals surface area contributed by atoms with Crippen molar-refractivity contribution in [2.75, 3.05) is 13.7 Å². The molecule has 0 spiro atoms. The molecule has 2 rings (SSSR count). The van der Waals surface area contributed by atoms with Crippen LogP contribution in [0.3, 0.4) is 0 Å². The van der Waals surface area contributed by atoms with Crippen molar-refractivity contribution in [1.82, 2.24) is 5.32 Å². The van der Waals surface area contributed by atoms with Crippen LogP contribution < -0.4 is 5.32 Å². The first-order valence-electron chi connectivity index (χ1n) is 7.24. The van der Waals surface area contributed by atoms with Gasteiger partial charge in [0.25, 0.3) is 10.1 Å². The third-order valence-electron chi connectivity index (χ3n) is 3.71. The minimum absolute atomic E-state index is 0.00236. The molecule has 0 bridgehead atoms. The summed E-state index contributed by atoms with van der Waals surface area (Å²) in [6.45, 7) is 4.28. The van der Waals surface area contributed by atoms with E-state index in [-0.39, 0.29) is 22.8 Å². The first-order chi connectivity index (χ1) is 10.7. The molecular weight excluding hydrogens is 322 g/mol. The quantitative estimate of drug-likeness (QED) is 0.547. The van der Waals surface area contributed by atoms with Crippen molar-refractivity contribution in [2.24, 2.45) is 5.92 Å². The fourth-order valence-electron chi connectivity index (χ4n) is 2.38. The highest BCUT2D eigenvalue weighted by Crippen LogP contribution is 2.20. The molecule has 0 saturated carbocycles. The highest BCUT2D eigenvalue weighted by molar-refractivity contribution is 7.85. The zero-order chi connectivity index (χ0) is 17.6. The molecule has 0 unspecified atom stereocenters. The number of aliphatic hydroxyl groups excluding tert-OH is 1. The molecule has 1 aromatic rings. The van der Waals surface area contributed by atoms with Gasteiger partial charge in [-0.05, 0) is 25.5 Å². The molecule has 1 aliphatic heterocycles. The second-order valence-corrected chi connectivity index (χ2v) is 6.76. The zero-order valence-corrected chi connectivity index (χ0v) is 14.2. The number of aryl methyl sites for hydroxylation is 1. The van der Waals surface area contributed by atoms with E-state index in [1.807, 2.05) is 13.8 Å². The van der Waals surface area contributed by atoms with Crippen molar-refractivity contribution in [2.45, 2.75) is 37.3 Å². The SMILES string of the molecule is CC[C@H]1[C@@H](C(=O)OC)NC[C@@H]1O.Cc1ccc(S(=O)(=O)O)cc1. The molecule has 1 fully saturated rings. The molecule has 0 radical (unpaired) electrons. The summed E-state index contributed by atoms with van der Waals surface area (Å²) in [6, 6.07) is 5.66. The topological polar surface area (TPSA) is 113 Å². The molecule has 0 aromatic heterocycles. The maximum atomic E-state index is 11.1. The van der Waals surface area contributed by atoms with Gasteiger partial charge in [0.1, 0.15) is 6.04 Å². The number of ether oxygens (including phenoxy) is 1. The van der Waals surface area contributed by atoms with E-state index < -0.39 is 16.2 Å². The largest absolute Gasteiger partial charge is 0.468 e. The molecule has 0 aliphatic carbocycles. The summed E-state index contributed by atoms with van der Waals surface area (Å²) in [6.07, 6.45) is 0.368. The number of nitrogens with one attached hydrogen (secondary N) is 1. The molecule has 1 heterocycles. The van der Waals surface area contributed by atoms with E-state index in [0.717, 1.165) is 12.0 Å². The Bertz CT molecular complexity index is 613. The standard InChI is InChI=1S/C8H15NO3.C7H8O3S/c1-3-5-6(10)4-9-7(5)8(11)12-2;1-6-2-4-7(5-3-6)11(8,9)10/h5-7,9-10H,3-4H2,1-2H3;2-5H,1H3,(H,8,9,10)/t5-,6+,7+;/m1./s1. The number of esters is 1. The molecule has 3 N–H and O–H groups in total. The van der Waals surface area contributed by atoms with Gasteiger partial charge in [0.05, 0.1) is 18.1 Å². The fraction of sp³-hybridized carbons (Fsp3) is 0.533. The smallest absolute Gasteiger partial charge is 0.323 e. The molecule has 1 saturated heterocycles. The second kappa shape index (κ2) is 8.39. The van der Waals surface area contributed by atoms with Crippen LogP contribution in [0.15, 0.2) is 29.2 Å². The predicted octanol–water partition coefficient (Wildman–Crippen LogP) is 0.760. The Hall–Kier alpha value is -1.48. The number of benzene rings is 1. The molecule has 0 amide bonds. The summed E-state index contributed by atoms with van der Waals surface area (Å²) in [5.41, 5.74) is 0.956. The van der Waals surface area contributed by atoms with Crippen molar-refractivity contribution >= 4 is 16.1 Å². The van der Waals surface area contributed by atoms with Crippen LogP contribution in [0, 0.1) is 12.8 Å². The van der Waals surface area contributed by atoms with Crippen LogP contribution in [0.2, 0.25) is 0 Å². The Balaban J connectivity index is 0.000000231. The van der Waals surface area contributed by atoms with E-state index in [4.69, 9.17) is 4.55 Å². The second-order valence-electron chi connectivity index (χ2n) is 5.34. The van der Waals surface area contributed by atoms with Crippen LogP contribution in [0.4, 0.5) is 0 Å². The van der Waals surface area contributed by atoms with Crippen molar-refractivity contribution in [3.8, 4) is 0 Å². The highest BCUT2D eigenvalue weighted by Gasteiger charge is 2.38. The third-order valence-corrected chi connectivity index (χ3v) is 4.58. The lowest BCUT2D eigenvalue weighted by atomic mass is 9.96. The molecule has 23 heavy (non-hydrogen) atoms. The molecule has 1 aromatic carbocycles. The van der Waals surface area contributed by atoms with E-state index >= 15 is 0 Å². The maximum Gasteiger partial charge on any atom is 0.323 e. The number of β-amino-alcohol motifs (C(OH)–C–C–N with tert-alkyl or cyclic N) is 1. The van der Waals surface area contributed by atoms with Gasteiger partial charge in [0.2, 0.25) is 0 Å². The van der Waals surface area contributed by atoms with E-state index in [0.29, 0.717) is 6.54 Å². The van der Waals surface area contributed by atoms with Gasteiger partial charge >= 0.3 is 5.97 Å². The van der Waals surface area contributed by atoms with E-state index in [9.17, 15) is 18.3 Å². The monoisotopic (exact) mass is 345 g/mol. The Morgan fingerprint density at radius 1 is 1.35 bits per heavy atom. The first-order valence-corrected chi connectivity index (χ1v) is 8.68. The van der Waals surface area contributed by atoms with Crippen LogP contribution in [-0.2, 0) is 19.6 Å². The van der Waals surface area contributed by atoms with E-state index in [2.05, 4.69) is 10.1 Å². The summed E-state index contributed by atoms with van der Waals surface area (Å²) in [5.74, 6) is -0.282. The molecule has 1 aliphatic rings. The van der Waals surface area contributed by atoms with Crippen molar-refractivity contribution in [3.63, 3.8) is 0 Å². The van der Waals surface area contributed by atoms with Gasteiger partial charge < -0.3 is 15.2 Å². The lowest BCUT2D eigenvalue weighted by molar-refractivity contribution is -0.144. The lowest BCUT2D eigenvalue weighted by Gasteiger charge is -2.16. The average Bonchev–Trinajstić information content (AvgIpc) is 2.87. The van der Waals surface area contributed by atoms with Gasteiger partial charge in [0, 0.05) is 12.5 Å². The summed E-state index contributed by atoms with van der Waals surface area (Å²) in [7, 11) is -2.66. The van der Waals surface area contributed by atoms with E-state index in [1.54, 1.807) is 12.1 Å². The van der Waals surface area contributed by atoms with E-state index in [1.165, 1.54) is 19.2 Å². The number of rotatable bonds is 3. The van der Waals surface area contributed by atoms with Crippen LogP contribution >= 0.6 is 0 Å². The fourth-order valence-corrected chi connectivity index (χ4v) is 2.86. The normalized spacial score (nSPS) is 23.8. The average molecular weight is 345 g/mol. The molecule has 3 atom stereocenters. The number of carbonyl (C=O) groups excluding carboxylic acids is 1. The number of carbonyl (C=O) groups is 1. The third kappa shape index (κ3) is 5.58. The van der Waals surface area contributed by atoms with Crippen molar-refractivity contribution in [1.29, 1.82) is 0 Å². The van der Waals surface area contributed by atoms with Crippen LogP contribution in [-0.4, -0.2) is 49.8 Å². The molecule has 7 nitrogen and oxygen atoms in total. The number of aliphatic hydroxyl groups is 1. The van der Waals surface area contributed by atoms with Gasteiger partial charge in [-0.15, -0.1) is 0 Å². The first kappa shape index (κ1) is 19.6. The Morgan fingerprint density at radius 3 is 2.35 bits per heavy atom. The van der Waals surface area contributed by atoms with Crippen LogP contribution in [0.1, 0.15) is 18.9 Å². The van der Waals surface area contributed by atoms with Crippen molar-refractivity contribution < 1.29 is 27.6 Å². The highest BCUT2D eigenvalue weighted by atomic mass is 32.2. The lowest BCUT2D eigenvalue weighted by Crippen LogP contribution is -2.37. The summed E-state index contributed by atoms with van der Waals surface area (Å²) >= 11 is 0. The van der Waals surface area contributed by atoms with Gasteiger partial charge in [-0.1, -0.05) is 24.6 Å². The van der Waals surface area contributed by atoms with Gasteiger partial charge in [-0.25, -0.2) is 0 Å². The maximum absolute atomic E-state index is 11.1. The van der Waals surface area contributed by atoms with Gasteiger partial charge in [-0.2, -0.15) is 8.42 Å². The molecular formula is C15H23NO6S. The zero-order valence-electron chi connectivity index (χ0n) is 13.4. The number of hydrogen-bond donors (Lipinski definition) is 3. The Kier molecular flexibility index (Phi) is 7.14. The minimum atomic E-state index is -4.02. The summed E-state index contributed by atoms with van der Waals surface area (Å²) < 4.78 is 34.2. The summed E-state index contributed by atoms with van der Waals surface area (Å²) in [5, 5.41) is 12.4. The minimum Gasteiger partial charge on any atom is -0.468 e. The molecule has 8 heteroatoms. The Labute approximate surface area is 136 Å². The van der Waals surface area contributed by atoms with Gasteiger partial charge in [-0.3, -0.25) is 9.35 Å². The molecule has 130 valence electrons. The Morgan fingerprint density at radius 2 is 1.91 bits per heavy atom. The van der Waals surface area contributed by atoms with Crippen LogP contribution in [0.5, 0.6) is 0 Å². The van der Waals surface area contributed by atoms with Crippen molar-refractivity contribution in [3.05, 3.63) is 29.8 Å². The number of methoxy groups -OCH3 is 1. The predicted molar refractivity (Wildman–Crippen MR) is 84.6 cm³/mol.